The Morgan fingerprint density at radius 1 is 1.06 bits per heavy atom. The van der Waals surface area contributed by atoms with Gasteiger partial charge in [-0.25, -0.2) is 0 Å². The van der Waals surface area contributed by atoms with Crippen LogP contribution in [0.2, 0.25) is 0 Å². The van der Waals surface area contributed by atoms with Gasteiger partial charge in [-0.2, -0.15) is 0 Å². The quantitative estimate of drug-likeness (QED) is 0.737. The Labute approximate surface area is 103 Å². The van der Waals surface area contributed by atoms with Crippen molar-refractivity contribution in [2.24, 2.45) is 0 Å². The summed E-state index contributed by atoms with van der Waals surface area (Å²) in [7, 11) is 8.93. The molecule has 0 N–H and O–H groups in total. The van der Waals surface area contributed by atoms with Crippen LogP contribution in [0.3, 0.4) is 0 Å². The molecule has 0 aliphatic rings. The molecule has 4 heteroatoms. The average Bonchev–Trinajstić information content (AvgIpc) is 2.30. The van der Waals surface area contributed by atoms with E-state index >= 15 is 0 Å². The Balaban J connectivity index is 3.29. The predicted octanol–water partition coefficient (Wildman–Crippen LogP) is 2.22. The summed E-state index contributed by atoms with van der Waals surface area (Å²) in [6.45, 7) is 1.98. The minimum atomic E-state index is -0.130. The summed E-state index contributed by atoms with van der Waals surface area (Å²) >= 11 is 0. The van der Waals surface area contributed by atoms with Gasteiger partial charge in [0.15, 0.2) is 0 Å². The van der Waals surface area contributed by atoms with E-state index in [1.165, 1.54) is 0 Å². The first-order chi connectivity index (χ1) is 8.06. The van der Waals surface area contributed by atoms with E-state index in [1.807, 2.05) is 38.1 Å². The molecule has 1 rings (SSSR count). The second-order valence-corrected chi connectivity index (χ2v) is 4.07. The van der Waals surface area contributed by atoms with Gasteiger partial charge in [-0.15, -0.1) is 0 Å². The van der Waals surface area contributed by atoms with E-state index < -0.39 is 0 Å². The molecule has 0 saturated carbocycles. The lowest BCUT2D eigenvalue weighted by molar-refractivity contribution is -0.00703. The molecule has 96 valence electrons. The Bertz CT molecular complexity index is 377. The molecule has 17 heavy (non-hydrogen) atoms. The number of nitrogens with zero attached hydrogens (tertiary/aromatic N) is 1. The first-order valence-electron chi connectivity index (χ1n) is 5.47. The molecular weight excluding hydrogens is 218 g/mol. The van der Waals surface area contributed by atoms with E-state index in [2.05, 4.69) is 0 Å². The maximum Gasteiger partial charge on any atom is 0.139 e. The van der Waals surface area contributed by atoms with Crippen molar-refractivity contribution in [3.8, 4) is 11.5 Å². The summed E-state index contributed by atoms with van der Waals surface area (Å²) in [4.78, 5) is 1.99. The van der Waals surface area contributed by atoms with Gasteiger partial charge in [-0.1, -0.05) is 0 Å². The minimum absolute atomic E-state index is 0.130. The molecule has 0 amide bonds. The SMILES string of the molecule is COc1ccc(C(OC)N(C)C)c(OC)c1C. The van der Waals surface area contributed by atoms with Crippen LogP contribution < -0.4 is 9.47 Å². The molecule has 1 unspecified atom stereocenters. The lowest BCUT2D eigenvalue weighted by atomic mass is 10.1. The molecule has 0 aliphatic carbocycles. The molecule has 4 nitrogen and oxygen atoms in total. The zero-order chi connectivity index (χ0) is 13.0. The van der Waals surface area contributed by atoms with Gasteiger partial charge in [0.2, 0.25) is 0 Å². The molecule has 1 aromatic rings. The zero-order valence-corrected chi connectivity index (χ0v) is 11.4. The second kappa shape index (κ2) is 5.89. The van der Waals surface area contributed by atoms with Crippen LogP contribution in [-0.2, 0) is 4.74 Å². The van der Waals surface area contributed by atoms with Gasteiger partial charge in [0.05, 0.1) is 14.2 Å². The smallest absolute Gasteiger partial charge is 0.139 e. The molecule has 0 aliphatic heterocycles. The Hall–Kier alpha value is -1.26. The third kappa shape index (κ3) is 2.70. The Morgan fingerprint density at radius 2 is 1.71 bits per heavy atom. The number of rotatable bonds is 5. The number of hydrogen-bond donors (Lipinski definition) is 0. The van der Waals surface area contributed by atoms with E-state index in [0.717, 1.165) is 22.6 Å². The molecule has 1 aromatic carbocycles. The number of ether oxygens (including phenoxy) is 3. The molecule has 0 heterocycles. The Morgan fingerprint density at radius 3 is 2.12 bits per heavy atom. The van der Waals surface area contributed by atoms with E-state index in [4.69, 9.17) is 14.2 Å². The van der Waals surface area contributed by atoms with Crippen LogP contribution in [0, 0.1) is 6.92 Å². The molecule has 1 atom stereocenters. The maximum absolute atomic E-state index is 5.47. The van der Waals surface area contributed by atoms with Crippen molar-refractivity contribution in [2.45, 2.75) is 13.2 Å². The predicted molar refractivity (Wildman–Crippen MR) is 67.7 cm³/mol. The van der Waals surface area contributed by atoms with E-state index in [-0.39, 0.29) is 6.23 Å². The molecule has 0 saturated heterocycles. The van der Waals surface area contributed by atoms with Gasteiger partial charge >= 0.3 is 0 Å². The fraction of sp³-hybridized carbons (Fsp3) is 0.538. The highest BCUT2D eigenvalue weighted by Gasteiger charge is 2.20. The van der Waals surface area contributed by atoms with Gasteiger partial charge in [0, 0.05) is 18.2 Å². The van der Waals surface area contributed by atoms with Gasteiger partial charge in [0.1, 0.15) is 17.7 Å². The van der Waals surface area contributed by atoms with Gasteiger partial charge in [0.25, 0.3) is 0 Å². The molecule has 0 aromatic heterocycles. The normalized spacial score (nSPS) is 12.6. The molecule has 0 radical (unpaired) electrons. The van der Waals surface area contributed by atoms with Crippen molar-refractivity contribution in [3.63, 3.8) is 0 Å². The van der Waals surface area contributed by atoms with E-state index in [0.29, 0.717) is 0 Å². The number of hydrogen-bond acceptors (Lipinski definition) is 4. The third-order valence-corrected chi connectivity index (χ3v) is 2.77. The summed E-state index contributed by atoms with van der Waals surface area (Å²) in [6, 6.07) is 3.90. The lowest BCUT2D eigenvalue weighted by Gasteiger charge is -2.26. The molecular formula is C13H21NO3. The molecule has 0 fully saturated rings. The highest BCUT2D eigenvalue weighted by molar-refractivity contribution is 5.50. The second-order valence-electron chi connectivity index (χ2n) is 4.07. The van der Waals surface area contributed by atoms with Crippen LogP contribution in [0.1, 0.15) is 17.4 Å². The highest BCUT2D eigenvalue weighted by atomic mass is 16.5. The summed E-state index contributed by atoms with van der Waals surface area (Å²) in [5, 5.41) is 0. The van der Waals surface area contributed by atoms with Crippen LogP contribution in [0.15, 0.2) is 12.1 Å². The minimum Gasteiger partial charge on any atom is -0.496 e. The summed E-state index contributed by atoms with van der Waals surface area (Å²) < 4.78 is 16.2. The first-order valence-corrected chi connectivity index (χ1v) is 5.47. The van der Waals surface area contributed by atoms with Crippen LogP contribution >= 0.6 is 0 Å². The summed E-state index contributed by atoms with van der Waals surface area (Å²) in [5.41, 5.74) is 1.98. The van der Waals surface area contributed by atoms with Crippen molar-refractivity contribution >= 4 is 0 Å². The standard InChI is InChI=1S/C13H21NO3/c1-9-11(15-4)8-7-10(12(9)16-5)13(17-6)14(2)3/h7-8,13H,1-6H3. The van der Waals surface area contributed by atoms with Crippen molar-refractivity contribution in [2.75, 3.05) is 35.4 Å². The van der Waals surface area contributed by atoms with E-state index in [1.54, 1.807) is 21.3 Å². The fourth-order valence-corrected chi connectivity index (χ4v) is 2.00. The Kier molecular flexibility index (Phi) is 4.78. The fourth-order valence-electron chi connectivity index (χ4n) is 2.00. The van der Waals surface area contributed by atoms with Gasteiger partial charge < -0.3 is 14.2 Å². The molecule has 0 spiro atoms. The monoisotopic (exact) mass is 239 g/mol. The van der Waals surface area contributed by atoms with Crippen molar-refractivity contribution in [3.05, 3.63) is 23.3 Å². The van der Waals surface area contributed by atoms with E-state index in [9.17, 15) is 0 Å². The van der Waals surface area contributed by atoms with Crippen molar-refractivity contribution < 1.29 is 14.2 Å². The van der Waals surface area contributed by atoms with Crippen molar-refractivity contribution in [1.82, 2.24) is 4.90 Å². The van der Waals surface area contributed by atoms with Crippen LogP contribution in [0.5, 0.6) is 11.5 Å². The highest BCUT2D eigenvalue weighted by Crippen LogP contribution is 2.36. The molecule has 0 bridgehead atoms. The lowest BCUT2D eigenvalue weighted by Crippen LogP contribution is -2.22. The first kappa shape index (κ1) is 13.8. The van der Waals surface area contributed by atoms with Crippen LogP contribution in [0.4, 0.5) is 0 Å². The van der Waals surface area contributed by atoms with Gasteiger partial charge in [-0.05, 0) is 33.2 Å². The number of benzene rings is 1. The topological polar surface area (TPSA) is 30.9 Å². The average molecular weight is 239 g/mol. The summed E-state index contributed by atoms with van der Waals surface area (Å²) in [6.07, 6.45) is -0.130. The maximum atomic E-state index is 5.47. The van der Waals surface area contributed by atoms with Crippen molar-refractivity contribution in [1.29, 1.82) is 0 Å². The van der Waals surface area contributed by atoms with Gasteiger partial charge in [-0.3, -0.25) is 4.90 Å². The van der Waals surface area contributed by atoms with Crippen LogP contribution in [0.25, 0.3) is 0 Å². The van der Waals surface area contributed by atoms with Crippen LogP contribution in [-0.4, -0.2) is 40.3 Å². The summed E-state index contributed by atoms with van der Waals surface area (Å²) in [5.74, 6) is 1.63. The number of methoxy groups -OCH3 is 3. The zero-order valence-electron chi connectivity index (χ0n) is 11.4. The largest absolute Gasteiger partial charge is 0.496 e. The third-order valence-electron chi connectivity index (χ3n) is 2.77.